The van der Waals surface area contributed by atoms with Gasteiger partial charge in [-0.3, -0.25) is 4.79 Å². The van der Waals surface area contributed by atoms with Gasteiger partial charge in [0.25, 0.3) is 0 Å². The van der Waals surface area contributed by atoms with Crippen molar-refractivity contribution in [3.05, 3.63) is 12.2 Å². The number of carbonyl (C=O) groups is 1. The van der Waals surface area contributed by atoms with Crippen LogP contribution in [0.2, 0.25) is 0 Å². The third-order valence-electron chi connectivity index (χ3n) is 7.61. The first-order chi connectivity index (χ1) is 19.0. The van der Waals surface area contributed by atoms with Crippen molar-refractivity contribution in [2.45, 2.75) is 128 Å². The number of aliphatic hydroxyl groups excluding tert-OH is 2. The van der Waals surface area contributed by atoms with Crippen LogP contribution in [0.15, 0.2) is 12.2 Å². The monoisotopic (exact) mass is 557 g/mol. The molecule has 1 saturated heterocycles. The maximum absolute atomic E-state index is 12.8. The van der Waals surface area contributed by atoms with Crippen LogP contribution < -0.4 is 0 Å². The van der Waals surface area contributed by atoms with Crippen LogP contribution in [0.25, 0.3) is 0 Å². The van der Waals surface area contributed by atoms with Gasteiger partial charge in [-0.15, -0.1) is 0 Å². The zero-order chi connectivity index (χ0) is 28.7. The van der Waals surface area contributed by atoms with Crippen molar-refractivity contribution in [3.8, 4) is 0 Å². The number of nitrogens with zero attached hydrogens (tertiary/aromatic N) is 1. The average Bonchev–Trinajstić information content (AvgIpc) is 2.94. The first-order valence-electron chi connectivity index (χ1n) is 15.5. The van der Waals surface area contributed by atoms with E-state index < -0.39 is 18.5 Å². The van der Waals surface area contributed by atoms with E-state index in [1.807, 2.05) is 11.8 Å². The molecule has 5 atom stereocenters. The number of rotatable bonds is 24. The van der Waals surface area contributed by atoms with Crippen molar-refractivity contribution >= 4 is 5.91 Å². The summed E-state index contributed by atoms with van der Waals surface area (Å²) in [5.74, 6) is -0.0949. The van der Waals surface area contributed by atoms with E-state index in [1.165, 1.54) is 58.5 Å². The Morgan fingerprint density at radius 3 is 2.13 bits per heavy atom. The van der Waals surface area contributed by atoms with Gasteiger partial charge >= 0.3 is 0 Å². The Morgan fingerprint density at radius 2 is 1.49 bits per heavy atom. The summed E-state index contributed by atoms with van der Waals surface area (Å²) in [6.45, 7) is 6.58. The second-order valence-electron chi connectivity index (χ2n) is 10.9. The van der Waals surface area contributed by atoms with Crippen LogP contribution in [0.5, 0.6) is 0 Å². The number of aliphatic hydroxyl groups is 2. The van der Waals surface area contributed by atoms with Crippen LogP contribution in [-0.2, 0) is 23.7 Å². The minimum atomic E-state index is -1.07. The normalized spacial score (nSPS) is 23.5. The quantitative estimate of drug-likeness (QED) is 0.124. The summed E-state index contributed by atoms with van der Waals surface area (Å²) in [6, 6.07) is 0. The fourth-order valence-corrected chi connectivity index (χ4v) is 4.90. The van der Waals surface area contributed by atoms with Gasteiger partial charge in [0.2, 0.25) is 5.91 Å². The number of hydrogen-bond donors (Lipinski definition) is 2. The molecule has 0 aromatic heterocycles. The Hall–Kier alpha value is -1.03. The molecule has 8 nitrogen and oxygen atoms in total. The number of hydrogen-bond acceptors (Lipinski definition) is 7. The van der Waals surface area contributed by atoms with Gasteiger partial charge in [-0.05, 0) is 38.5 Å². The predicted octanol–water partition coefficient (Wildman–Crippen LogP) is 5.24. The lowest BCUT2D eigenvalue weighted by atomic mass is 9.91. The van der Waals surface area contributed by atoms with Crippen LogP contribution in [-0.4, -0.2) is 92.8 Å². The van der Waals surface area contributed by atoms with Gasteiger partial charge in [-0.25, -0.2) is 0 Å². The fourth-order valence-electron chi connectivity index (χ4n) is 4.90. The van der Waals surface area contributed by atoms with Gasteiger partial charge in [0.05, 0.1) is 25.4 Å². The molecule has 230 valence electrons. The Bertz CT molecular complexity index is 616. The molecule has 0 aromatic carbocycles. The highest BCUT2D eigenvalue weighted by Crippen LogP contribution is 2.26. The largest absolute Gasteiger partial charge is 0.390 e. The van der Waals surface area contributed by atoms with Gasteiger partial charge < -0.3 is 34.1 Å². The molecule has 0 aliphatic carbocycles. The van der Waals surface area contributed by atoms with Crippen molar-refractivity contribution in [2.75, 3.05) is 47.1 Å². The van der Waals surface area contributed by atoms with Crippen molar-refractivity contribution in [3.63, 3.8) is 0 Å². The lowest BCUT2D eigenvalue weighted by Gasteiger charge is -2.40. The third-order valence-corrected chi connectivity index (χ3v) is 7.61. The summed E-state index contributed by atoms with van der Waals surface area (Å²) in [6.07, 6.45) is 17.5. The molecule has 2 unspecified atom stereocenters. The summed E-state index contributed by atoms with van der Waals surface area (Å²) in [5, 5.41) is 20.2. The van der Waals surface area contributed by atoms with E-state index in [0.29, 0.717) is 45.8 Å². The molecule has 1 rings (SSSR count). The molecule has 1 amide bonds. The lowest BCUT2D eigenvalue weighted by Crippen LogP contribution is -2.55. The molecular weight excluding hydrogens is 498 g/mol. The minimum absolute atomic E-state index is 0.176. The highest BCUT2D eigenvalue weighted by Gasteiger charge is 2.42. The molecule has 2 N–H and O–H groups in total. The number of amides is 1. The SMILES string of the molecule is CCCCCCCC/C=C\CCCCCCC(=O)N(CCCOCC1OC(OC)[C@@H](O)[C@@H](O)[C@H]1C)CCOC. The smallest absolute Gasteiger partial charge is 0.222 e. The van der Waals surface area contributed by atoms with Crippen molar-refractivity contribution in [1.29, 1.82) is 0 Å². The molecule has 1 aliphatic rings. The molecule has 39 heavy (non-hydrogen) atoms. The number of allylic oxidation sites excluding steroid dienone is 2. The second kappa shape index (κ2) is 23.7. The third kappa shape index (κ3) is 16.1. The summed E-state index contributed by atoms with van der Waals surface area (Å²) in [4.78, 5) is 14.7. The van der Waals surface area contributed by atoms with Gasteiger partial charge in [0, 0.05) is 46.3 Å². The van der Waals surface area contributed by atoms with Crippen molar-refractivity contribution < 1.29 is 34.0 Å². The minimum Gasteiger partial charge on any atom is -0.390 e. The molecular formula is C31H59NO7. The zero-order valence-corrected chi connectivity index (χ0v) is 25.4. The molecule has 0 bridgehead atoms. The van der Waals surface area contributed by atoms with E-state index in [4.69, 9.17) is 18.9 Å². The molecule has 1 aliphatic heterocycles. The Morgan fingerprint density at radius 1 is 0.846 bits per heavy atom. The molecule has 1 fully saturated rings. The summed E-state index contributed by atoms with van der Waals surface area (Å²) in [5.41, 5.74) is 0. The average molecular weight is 558 g/mol. The number of unbranched alkanes of at least 4 members (excludes halogenated alkanes) is 10. The van der Waals surface area contributed by atoms with Crippen molar-refractivity contribution in [2.24, 2.45) is 5.92 Å². The molecule has 0 saturated carbocycles. The van der Waals surface area contributed by atoms with E-state index in [-0.39, 0.29) is 17.9 Å². The molecule has 0 radical (unpaired) electrons. The topological polar surface area (TPSA) is 97.7 Å². The van der Waals surface area contributed by atoms with E-state index in [1.54, 1.807) is 7.11 Å². The van der Waals surface area contributed by atoms with Crippen molar-refractivity contribution in [1.82, 2.24) is 4.90 Å². The number of methoxy groups -OCH3 is 2. The van der Waals surface area contributed by atoms with E-state index >= 15 is 0 Å². The predicted molar refractivity (Wildman–Crippen MR) is 156 cm³/mol. The fraction of sp³-hybridized carbons (Fsp3) is 0.903. The highest BCUT2D eigenvalue weighted by atomic mass is 16.7. The van der Waals surface area contributed by atoms with Crippen LogP contribution >= 0.6 is 0 Å². The maximum Gasteiger partial charge on any atom is 0.222 e. The first-order valence-corrected chi connectivity index (χ1v) is 15.5. The maximum atomic E-state index is 12.8. The van der Waals surface area contributed by atoms with Crippen LogP contribution in [0.3, 0.4) is 0 Å². The highest BCUT2D eigenvalue weighted by molar-refractivity contribution is 5.76. The molecule has 0 aromatic rings. The molecule has 1 heterocycles. The zero-order valence-electron chi connectivity index (χ0n) is 25.4. The van der Waals surface area contributed by atoms with Gasteiger partial charge in [0.15, 0.2) is 6.29 Å². The second-order valence-corrected chi connectivity index (χ2v) is 10.9. The summed E-state index contributed by atoms with van der Waals surface area (Å²) < 4.78 is 21.8. The number of ether oxygens (including phenoxy) is 4. The Kier molecular flexibility index (Phi) is 21.8. The standard InChI is InChI=1S/C31H59NO7/c1-5-6-7-8-9-10-11-12-13-14-15-16-17-18-20-28(33)32(22-24-36-3)21-19-23-38-25-27-26(2)29(34)30(35)31(37-4)39-27/h12-13,26-27,29-31,34-35H,5-11,14-25H2,1-4H3/b13-12-/t26-,27?,29-,30-,31?/m0/s1. The van der Waals surface area contributed by atoms with E-state index in [9.17, 15) is 15.0 Å². The van der Waals surface area contributed by atoms with Gasteiger partial charge in [-0.2, -0.15) is 0 Å². The summed E-state index contributed by atoms with van der Waals surface area (Å²) in [7, 11) is 3.09. The molecule has 0 spiro atoms. The van der Waals surface area contributed by atoms with Gasteiger partial charge in [0.1, 0.15) is 6.10 Å². The molecule has 8 heteroatoms. The first kappa shape index (κ1) is 36.0. The van der Waals surface area contributed by atoms with Crippen LogP contribution in [0, 0.1) is 5.92 Å². The lowest BCUT2D eigenvalue weighted by molar-refractivity contribution is -0.282. The van der Waals surface area contributed by atoms with Crippen LogP contribution in [0.4, 0.5) is 0 Å². The van der Waals surface area contributed by atoms with Gasteiger partial charge in [-0.1, -0.05) is 70.9 Å². The summed E-state index contributed by atoms with van der Waals surface area (Å²) >= 11 is 0. The van der Waals surface area contributed by atoms with E-state index in [0.717, 1.165) is 25.7 Å². The van der Waals surface area contributed by atoms with E-state index in [2.05, 4.69) is 19.1 Å². The Balaban J connectivity index is 2.16. The number of carbonyl (C=O) groups excluding carboxylic acids is 1. The van der Waals surface area contributed by atoms with Crippen LogP contribution in [0.1, 0.15) is 104 Å². The Labute approximate surface area is 238 Å².